The zero-order valence-electron chi connectivity index (χ0n) is 17.6. The van der Waals surface area contributed by atoms with Gasteiger partial charge in [-0.25, -0.2) is 9.82 Å². The molecule has 0 aliphatic rings. The number of nitrogens with zero attached hydrogens (tertiary/aromatic N) is 1. The predicted octanol–water partition coefficient (Wildman–Crippen LogP) is 3.81. The van der Waals surface area contributed by atoms with Crippen LogP contribution >= 0.6 is 0 Å². The summed E-state index contributed by atoms with van der Waals surface area (Å²) < 4.78 is 24.3. The van der Waals surface area contributed by atoms with E-state index >= 15 is 0 Å². The molecular weight excluding hydrogens is 413 g/mol. The summed E-state index contributed by atoms with van der Waals surface area (Å²) in [6, 6.07) is 18.1. The highest BCUT2D eigenvalue weighted by Crippen LogP contribution is 2.30. The van der Waals surface area contributed by atoms with Crippen molar-refractivity contribution in [2.75, 3.05) is 12.4 Å². The molecule has 0 aliphatic carbocycles. The molecule has 3 rings (SSSR count). The SMILES string of the molecule is COc1cccc(/C=N\NC(=O)C(=O)Nc2ccc(C)cc2)c1OCc1ccc(F)cc1. The molecule has 0 fully saturated rings. The largest absolute Gasteiger partial charge is 0.493 e. The van der Waals surface area contributed by atoms with Gasteiger partial charge in [-0.1, -0.05) is 35.9 Å². The van der Waals surface area contributed by atoms with Crippen LogP contribution in [0.1, 0.15) is 16.7 Å². The first kappa shape index (κ1) is 22.5. The van der Waals surface area contributed by atoms with Crippen molar-refractivity contribution in [3.63, 3.8) is 0 Å². The Morgan fingerprint density at radius 3 is 2.41 bits per heavy atom. The summed E-state index contributed by atoms with van der Waals surface area (Å²) in [5.74, 6) is -1.25. The number of anilines is 1. The summed E-state index contributed by atoms with van der Waals surface area (Å²) in [5, 5.41) is 6.34. The van der Waals surface area contributed by atoms with Crippen LogP contribution in [0, 0.1) is 12.7 Å². The average molecular weight is 435 g/mol. The van der Waals surface area contributed by atoms with E-state index in [4.69, 9.17) is 9.47 Å². The van der Waals surface area contributed by atoms with E-state index in [1.54, 1.807) is 42.5 Å². The van der Waals surface area contributed by atoms with Gasteiger partial charge < -0.3 is 14.8 Å². The molecule has 0 unspecified atom stereocenters. The van der Waals surface area contributed by atoms with E-state index in [1.165, 1.54) is 25.5 Å². The fraction of sp³-hybridized carbons (Fsp3) is 0.125. The van der Waals surface area contributed by atoms with Crippen LogP contribution in [-0.4, -0.2) is 25.1 Å². The molecule has 3 aromatic rings. The maximum Gasteiger partial charge on any atom is 0.329 e. The van der Waals surface area contributed by atoms with E-state index in [9.17, 15) is 14.0 Å². The van der Waals surface area contributed by atoms with Gasteiger partial charge in [-0.15, -0.1) is 0 Å². The number of halogens is 1. The lowest BCUT2D eigenvalue weighted by atomic mass is 10.2. The maximum atomic E-state index is 13.1. The zero-order valence-corrected chi connectivity index (χ0v) is 17.6. The van der Waals surface area contributed by atoms with Crippen LogP contribution in [0.3, 0.4) is 0 Å². The van der Waals surface area contributed by atoms with Gasteiger partial charge in [-0.05, 0) is 48.9 Å². The van der Waals surface area contributed by atoms with E-state index < -0.39 is 11.8 Å². The summed E-state index contributed by atoms with van der Waals surface area (Å²) in [4.78, 5) is 24.0. The Labute approximate surface area is 184 Å². The second kappa shape index (κ2) is 10.7. The van der Waals surface area contributed by atoms with E-state index in [2.05, 4.69) is 15.8 Å². The van der Waals surface area contributed by atoms with E-state index in [0.29, 0.717) is 22.7 Å². The molecule has 0 radical (unpaired) electrons. The van der Waals surface area contributed by atoms with Gasteiger partial charge in [0.15, 0.2) is 11.5 Å². The van der Waals surface area contributed by atoms with Crippen LogP contribution in [0.15, 0.2) is 71.8 Å². The average Bonchev–Trinajstić information content (AvgIpc) is 2.80. The number of rotatable bonds is 7. The molecule has 0 aliphatic heterocycles. The van der Waals surface area contributed by atoms with Gasteiger partial charge in [0.25, 0.3) is 0 Å². The van der Waals surface area contributed by atoms with E-state index in [0.717, 1.165) is 11.1 Å². The lowest BCUT2D eigenvalue weighted by Crippen LogP contribution is -2.32. The monoisotopic (exact) mass is 435 g/mol. The van der Waals surface area contributed by atoms with Crippen molar-refractivity contribution in [1.82, 2.24) is 5.43 Å². The number of nitrogens with one attached hydrogen (secondary N) is 2. The molecule has 0 atom stereocenters. The summed E-state index contributed by atoms with van der Waals surface area (Å²) >= 11 is 0. The molecule has 2 amide bonds. The molecule has 3 aromatic carbocycles. The summed E-state index contributed by atoms with van der Waals surface area (Å²) in [7, 11) is 1.50. The molecule has 0 saturated heterocycles. The first-order chi connectivity index (χ1) is 15.5. The molecular formula is C24H22FN3O4. The van der Waals surface area contributed by atoms with Crippen molar-refractivity contribution in [3.8, 4) is 11.5 Å². The molecule has 164 valence electrons. The number of ether oxygens (including phenoxy) is 2. The van der Waals surface area contributed by atoms with Gasteiger partial charge in [0.05, 0.1) is 13.3 Å². The molecule has 2 N–H and O–H groups in total. The van der Waals surface area contributed by atoms with Gasteiger partial charge in [-0.3, -0.25) is 9.59 Å². The Balaban J connectivity index is 1.65. The quantitative estimate of drug-likeness (QED) is 0.336. The first-order valence-electron chi connectivity index (χ1n) is 9.71. The van der Waals surface area contributed by atoms with E-state index in [-0.39, 0.29) is 12.4 Å². The third-order valence-electron chi connectivity index (χ3n) is 4.41. The van der Waals surface area contributed by atoms with Gasteiger partial charge in [0.1, 0.15) is 12.4 Å². The number of amides is 2. The number of carbonyl (C=O) groups excluding carboxylic acids is 2. The second-order valence-corrected chi connectivity index (χ2v) is 6.81. The number of benzene rings is 3. The lowest BCUT2D eigenvalue weighted by Gasteiger charge is -2.13. The molecule has 0 saturated carbocycles. The van der Waals surface area contributed by atoms with Gasteiger partial charge in [0, 0.05) is 11.3 Å². The maximum absolute atomic E-state index is 13.1. The van der Waals surface area contributed by atoms with Crippen LogP contribution in [0.5, 0.6) is 11.5 Å². The molecule has 32 heavy (non-hydrogen) atoms. The van der Waals surface area contributed by atoms with Crippen LogP contribution in [0.2, 0.25) is 0 Å². The van der Waals surface area contributed by atoms with Crippen LogP contribution < -0.4 is 20.2 Å². The van der Waals surface area contributed by atoms with Crippen molar-refractivity contribution in [3.05, 3.63) is 89.2 Å². The molecule has 0 heterocycles. The molecule has 0 spiro atoms. The molecule has 0 bridgehead atoms. The van der Waals surface area contributed by atoms with Crippen molar-refractivity contribution in [1.29, 1.82) is 0 Å². The Morgan fingerprint density at radius 2 is 1.72 bits per heavy atom. The van der Waals surface area contributed by atoms with E-state index in [1.807, 2.05) is 19.1 Å². The molecule has 7 nitrogen and oxygen atoms in total. The summed E-state index contributed by atoms with van der Waals surface area (Å²) in [6.07, 6.45) is 1.35. The minimum atomic E-state index is -0.918. The third kappa shape index (κ3) is 6.15. The highest BCUT2D eigenvalue weighted by molar-refractivity contribution is 6.39. The molecule has 0 aromatic heterocycles. The summed E-state index contributed by atoms with van der Waals surface area (Å²) in [5.41, 5.74) is 5.01. The van der Waals surface area contributed by atoms with Crippen molar-refractivity contribution in [2.45, 2.75) is 13.5 Å². The van der Waals surface area contributed by atoms with Crippen LogP contribution in [-0.2, 0) is 16.2 Å². The van der Waals surface area contributed by atoms with Crippen molar-refractivity contribution < 1.29 is 23.5 Å². The highest BCUT2D eigenvalue weighted by Gasteiger charge is 2.14. The second-order valence-electron chi connectivity index (χ2n) is 6.81. The Hall–Kier alpha value is -4.20. The Morgan fingerprint density at radius 1 is 1.00 bits per heavy atom. The fourth-order valence-electron chi connectivity index (χ4n) is 2.72. The van der Waals surface area contributed by atoms with Gasteiger partial charge >= 0.3 is 11.8 Å². The Bertz CT molecular complexity index is 1110. The predicted molar refractivity (Wildman–Crippen MR) is 119 cm³/mol. The van der Waals surface area contributed by atoms with Crippen LogP contribution in [0.4, 0.5) is 10.1 Å². The zero-order chi connectivity index (χ0) is 22.9. The number of para-hydroxylation sites is 1. The summed E-state index contributed by atoms with van der Waals surface area (Å²) in [6.45, 7) is 2.09. The lowest BCUT2D eigenvalue weighted by molar-refractivity contribution is -0.136. The third-order valence-corrected chi connectivity index (χ3v) is 4.41. The fourth-order valence-corrected chi connectivity index (χ4v) is 2.72. The minimum Gasteiger partial charge on any atom is -0.493 e. The number of aryl methyl sites for hydroxylation is 1. The van der Waals surface area contributed by atoms with Gasteiger partial charge in [-0.2, -0.15) is 5.10 Å². The topological polar surface area (TPSA) is 89.0 Å². The Kier molecular flexibility index (Phi) is 7.53. The minimum absolute atomic E-state index is 0.173. The number of carbonyl (C=O) groups is 2. The smallest absolute Gasteiger partial charge is 0.329 e. The van der Waals surface area contributed by atoms with Crippen molar-refractivity contribution >= 4 is 23.7 Å². The normalized spacial score (nSPS) is 10.6. The standard InChI is InChI=1S/C24H22FN3O4/c1-16-6-12-20(13-7-16)27-23(29)24(30)28-26-14-18-4-3-5-21(31-2)22(18)32-15-17-8-10-19(25)11-9-17/h3-14H,15H2,1-2H3,(H,27,29)(H,28,30)/b26-14-. The van der Waals surface area contributed by atoms with Crippen LogP contribution in [0.25, 0.3) is 0 Å². The number of methoxy groups -OCH3 is 1. The highest BCUT2D eigenvalue weighted by atomic mass is 19.1. The number of hydrogen-bond donors (Lipinski definition) is 2. The van der Waals surface area contributed by atoms with Crippen molar-refractivity contribution in [2.24, 2.45) is 5.10 Å². The number of hydrazone groups is 1. The first-order valence-corrected chi connectivity index (χ1v) is 9.71. The molecule has 8 heteroatoms. The van der Waals surface area contributed by atoms with Gasteiger partial charge in [0.2, 0.25) is 0 Å². The number of hydrogen-bond acceptors (Lipinski definition) is 5.